The van der Waals surface area contributed by atoms with Crippen molar-refractivity contribution < 1.29 is 24.3 Å². The van der Waals surface area contributed by atoms with E-state index in [1.807, 2.05) is 6.92 Å². The van der Waals surface area contributed by atoms with Crippen molar-refractivity contribution in [3.63, 3.8) is 0 Å². The molecule has 6 heteroatoms. The van der Waals surface area contributed by atoms with Gasteiger partial charge in [0.2, 0.25) is 6.61 Å². The molecule has 4 aliphatic rings. The number of carbonyl (C=O) groups excluding carboxylic acids is 1. The third-order valence-corrected chi connectivity index (χ3v) is 8.82. The smallest absolute Gasteiger partial charge is 0.344 e. The third kappa shape index (κ3) is 3.56. The fraction of sp³-hybridized carbons (Fsp3) is 0.792. The lowest BCUT2D eigenvalue weighted by molar-refractivity contribution is -0.159. The van der Waals surface area contributed by atoms with Gasteiger partial charge in [0.25, 0.3) is 0 Å². The maximum atomic E-state index is 12.0. The number of hydrogen-bond acceptors (Lipinski definition) is 5. The quantitative estimate of drug-likeness (QED) is 0.516. The normalized spacial score (nSPS) is 41.3. The summed E-state index contributed by atoms with van der Waals surface area (Å²) >= 11 is 0. The van der Waals surface area contributed by atoms with Crippen LogP contribution in [-0.2, 0) is 19.2 Å². The molecule has 0 saturated heterocycles. The molecule has 6 atom stereocenters. The summed E-state index contributed by atoms with van der Waals surface area (Å²) in [6, 6.07) is 0. The predicted molar refractivity (Wildman–Crippen MR) is 113 cm³/mol. The molecule has 166 valence electrons. The van der Waals surface area contributed by atoms with Crippen LogP contribution in [0.4, 0.5) is 0 Å². The summed E-state index contributed by atoms with van der Waals surface area (Å²) in [7, 11) is 0. The second-order valence-electron chi connectivity index (χ2n) is 10.2. The Kier molecular flexibility index (Phi) is 5.71. The Labute approximate surface area is 179 Å². The minimum atomic E-state index is -1.00. The van der Waals surface area contributed by atoms with Gasteiger partial charge in [-0.2, -0.15) is 0 Å². The van der Waals surface area contributed by atoms with Crippen molar-refractivity contribution in [2.24, 2.45) is 33.7 Å². The van der Waals surface area contributed by atoms with Crippen molar-refractivity contribution in [3.8, 4) is 0 Å². The number of nitrogens with zero attached hydrogens (tertiary/aromatic N) is 1. The van der Waals surface area contributed by atoms with Crippen LogP contribution in [0.3, 0.4) is 0 Å². The van der Waals surface area contributed by atoms with Gasteiger partial charge in [-0.05, 0) is 80.6 Å². The average Bonchev–Trinajstić information content (AvgIpc) is 3.04. The van der Waals surface area contributed by atoms with E-state index >= 15 is 0 Å². The van der Waals surface area contributed by atoms with Gasteiger partial charge in [0.05, 0.1) is 5.71 Å². The van der Waals surface area contributed by atoms with Crippen molar-refractivity contribution in [2.45, 2.75) is 84.7 Å². The number of fused-ring (bicyclic) bond motifs is 5. The summed E-state index contributed by atoms with van der Waals surface area (Å²) in [5.74, 6) is 0.931. The van der Waals surface area contributed by atoms with E-state index < -0.39 is 12.6 Å². The van der Waals surface area contributed by atoms with Crippen LogP contribution in [0.25, 0.3) is 0 Å². The molecule has 0 aromatic rings. The fourth-order valence-corrected chi connectivity index (χ4v) is 7.20. The van der Waals surface area contributed by atoms with E-state index in [9.17, 15) is 9.59 Å². The van der Waals surface area contributed by atoms with E-state index in [1.165, 1.54) is 24.8 Å². The SMILES string of the molecule is CCC(=O)O[C@@H]1CC[C@H]2[C@H]3CCC4=C/C(=N\OCC(=O)O)CC[C@]4(C)[C@@H]3CC[C@]12C. The number of esters is 1. The summed E-state index contributed by atoms with van der Waals surface area (Å²) in [5.41, 5.74) is 2.64. The van der Waals surface area contributed by atoms with E-state index in [1.54, 1.807) is 0 Å². The Bertz CT molecular complexity index is 774. The number of carboxylic acid groups (broad SMARTS) is 1. The van der Waals surface area contributed by atoms with Gasteiger partial charge in [-0.1, -0.05) is 31.5 Å². The van der Waals surface area contributed by atoms with Crippen LogP contribution in [0.2, 0.25) is 0 Å². The van der Waals surface area contributed by atoms with Gasteiger partial charge in [0.15, 0.2) is 0 Å². The van der Waals surface area contributed by atoms with Crippen LogP contribution < -0.4 is 0 Å². The molecule has 4 aliphatic carbocycles. The average molecular weight is 418 g/mol. The van der Waals surface area contributed by atoms with Gasteiger partial charge in [-0.15, -0.1) is 0 Å². The summed E-state index contributed by atoms with van der Waals surface area (Å²) in [6.07, 6.45) is 11.3. The molecule has 0 heterocycles. The van der Waals surface area contributed by atoms with Crippen molar-refractivity contribution in [2.75, 3.05) is 6.61 Å². The Hall–Kier alpha value is -1.85. The highest BCUT2D eigenvalue weighted by molar-refractivity contribution is 5.96. The molecule has 0 radical (unpaired) electrons. The molecule has 4 rings (SSSR count). The summed E-state index contributed by atoms with van der Waals surface area (Å²) < 4.78 is 5.89. The topological polar surface area (TPSA) is 85.2 Å². The zero-order chi connectivity index (χ0) is 21.5. The van der Waals surface area contributed by atoms with E-state index in [4.69, 9.17) is 14.7 Å². The van der Waals surface area contributed by atoms with Gasteiger partial charge >= 0.3 is 11.9 Å². The summed E-state index contributed by atoms with van der Waals surface area (Å²) in [4.78, 5) is 27.6. The number of aliphatic carboxylic acids is 1. The molecule has 0 spiro atoms. The Balaban J connectivity index is 1.51. The molecule has 3 fully saturated rings. The second kappa shape index (κ2) is 8.01. The maximum Gasteiger partial charge on any atom is 0.344 e. The van der Waals surface area contributed by atoms with Crippen LogP contribution in [0.1, 0.15) is 78.6 Å². The van der Waals surface area contributed by atoms with Crippen molar-refractivity contribution in [3.05, 3.63) is 11.6 Å². The zero-order valence-electron chi connectivity index (χ0n) is 18.5. The van der Waals surface area contributed by atoms with Gasteiger partial charge in [-0.25, -0.2) is 4.79 Å². The molecule has 0 aliphatic heterocycles. The highest BCUT2D eigenvalue weighted by Crippen LogP contribution is 2.65. The fourth-order valence-electron chi connectivity index (χ4n) is 7.20. The molecule has 0 amide bonds. The molecule has 0 bridgehead atoms. The Morgan fingerprint density at radius 3 is 2.67 bits per heavy atom. The second-order valence-corrected chi connectivity index (χ2v) is 10.2. The minimum Gasteiger partial charge on any atom is -0.479 e. The van der Waals surface area contributed by atoms with Gasteiger partial charge in [-0.3, -0.25) is 4.79 Å². The van der Waals surface area contributed by atoms with Crippen molar-refractivity contribution in [1.29, 1.82) is 0 Å². The van der Waals surface area contributed by atoms with E-state index in [2.05, 4.69) is 25.1 Å². The molecular weight excluding hydrogens is 382 g/mol. The highest BCUT2D eigenvalue weighted by atomic mass is 16.6. The molecule has 0 aromatic heterocycles. The summed E-state index contributed by atoms with van der Waals surface area (Å²) in [6.45, 7) is 6.28. The number of oxime groups is 1. The monoisotopic (exact) mass is 417 g/mol. The van der Waals surface area contributed by atoms with Crippen LogP contribution in [-0.4, -0.2) is 35.5 Å². The molecule has 1 N–H and O–H groups in total. The largest absolute Gasteiger partial charge is 0.479 e. The first kappa shape index (κ1) is 21.4. The first-order valence-corrected chi connectivity index (χ1v) is 11.6. The minimum absolute atomic E-state index is 0.0611. The number of allylic oxidation sites excluding steroid dienone is 2. The lowest BCUT2D eigenvalue weighted by Gasteiger charge is -2.58. The van der Waals surface area contributed by atoms with Crippen LogP contribution in [0, 0.1) is 28.6 Å². The molecule has 3 saturated carbocycles. The summed E-state index contributed by atoms with van der Waals surface area (Å²) in [5, 5.41) is 12.8. The van der Waals surface area contributed by atoms with Crippen LogP contribution in [0.5, 0.6) is 0 Å². The first-order valence-electron chi connectivity index (χ1n) is 11.6. The molecule has 0 unspecified atom stereocenters. The molecule has 30 heavy (non-hydrogen) atoms. The van der Waals surface area contributed by atoms with E-state index in [-0.39, 0.29) is 22.9 Å². The number of carboxylic acids is 1. The number of rotatable bonds is 5. The number of hydrogen-bond donors (Lipinski definition) is 1. The van der Waals surface area contributed by atoms with Gasteiger partial charge in [0.1, 0.15) is 6.10 Å². The number of ether oxygens (including phenoxy) is 1. The van der Waals surface area contributed by atoms with Crippen LogP contribution in [0.15, 0.2) is 16.8 Å². The van der Waals surface area contributed by atoms with Crippen molar-refractivity contribution >= 4 is 17.7 Å². The number of carbonyl (C=O) groups is 2. The predicted octanol–water partition coefficient (Wildman–Crippen LogP) is 4.73. The Morgan fingerprint density at radius 1 is 1.13 bits per heavy atom. The van der Waals surface area contributed by atoms with Gasteiger partial charge < -0.3 is 14.7 Å². The third-order valence-electron chi connectivity index (χ3n) is 8.82. The molecular formula is C24H35NO5. The zero-order valence-corrected chi connectivity index (χ0v) is 18.5. The first-order chi connectivity index (χ1) is 14.3. The standard InChI is InChI=1S/C24H35NO5/c1-4-22(28)30-20-8-7-18-17-6-5-15-13-16(25-29-14-21(26)27)9-11-23(15,2)19(17)10-12-24(18,20)3/h13,17-20H,4-12,14H2,1-3H3,(H,26,27)/b25-16-/t17-,18+,19-,20-,23+,24+/m1/s1. The van der Waals surface area contributed by atoms with E-state index in [0.29, 0.717) is 24.2 Å². The maximum absolute atomic E-state index is 12.0. The van der Waals surface area contributed by atoms with Gasteiger partial charge in [0, 0.05) is 11.8 Å². The highest BCUT2D eigenvalue weighted by Gasteiger charge is 2.59. The lowest BCUT2D eigenvalue weighted by Crippen LogP contribution is -2.51. The van der Waals surface area contributed by atoms with E-state index in [0.717, 1.165) is 37.8 Å². The van der Waals surface area contributed by atoms with Crippen molar-refractivity contribution in [1.82, 2.24) is 0 Å². The molecule has 6 nitrogen and oxygen atoms in total. The molecule has 0 aromatic carbocycles. The van der Waals surface area contributed by atoms with Crippen LogP contribution >= 0.6 is 0 Å². The lowest BCUT2D eigenvalue weighted by atomic mass is 9.47. The Morgan fingerprint density at radius 2 is 1.93 bits per heavy atom.